The Balaban J connectivity index is 1.65. The summed E-state index contributed by atoms with van der Waals surface area (Å²) in [5.41, 5.74) is 1.66. The summed E-state index contributed by atoms with van der Waals surface area (Å²) in [6, 6.07) is 5.09. The molecule has 2 unspecified atom stereocenters. The van der Waals surface area contributed by atoms with E-state index in [0.29, 0.717) is 23.9 Å². The van der Waals surface area contributed by atoms with Gasteiger partial charge in [-0.1, -0.05) is 0 Å². The first-order valence-electron chi connectivity index (χ1n) is 8.08. The molecule has 3 rings (SSSR count). The molecule has 2 aliphatic rings. The van der Waals surface area contributed by atoms with Crippen molar-refractivity contribution in [1.82, 2.24) is 10.3 Å². The molecule has 7 heteroatoms. The summed E-state index contributed by atoms with van der Waals surface area (Å²) >= 11 is 0. The molecule has 2 N–H and O–H groups in total. The van der Waals surface area contributed by atoms with Crippen molar-refractivity contribution < 1.29 is 13.2 Å². The Hall–Kier alpha value is -1.50. The number of aryl methyl sites for hydroxylation is 1. The fraction of sp³-hybridized carbons (Fsp3) is 0.688. The minimum Gasteiger partial charge on any atom is -0.381 e. The molecular weight excluding hydrogens is 305 g/mol. The molecule has 0 spiro atoms. The van der Waals surface area contributed by atoms with Crippen LogP contribution in [0.4, 0.5) is 24.7 Å². The first kappa shape index (κ1) is 16.4. The number of aromatic nitrogens is 1. The SMILES string of the molecule is Cc1nc(N(C)CC(F)(F)F)ccc1NC1CC2CCC(C1)N2. The minimum absolute atomic E-state index is 0.343. The summed E-state index contributed by atoms with van der Waals surface area (Å²) in [7, 11) is 1.41. The number of piperidine rings is 1. The van der Waals surface area contributed by atoms with E-state index in [1.165, 1.54) is 19.9 Å². The zero-order chi connectivity index (χ0) is 16.6. The van der Waals surface area contributed by atoms with Crippen LogP contribution in [0.5, 0.6) is 0 Å². The zero-order valence-electron chi connectivity index (χ0n) is 13.5. The molecule has 2 fully saturated rings. The van der Waals surface area contributed by atoms with E-state index in [1.807, 2.05) is 13.0 Å². The fourth-order valence-corrected chi connectivity index (χ4v) is 3.66. The smallest absolute Gasteiger partial charge is 0.381 e. The van der Waals surface area contributed by atoms with Crippen molar-refractivity contribution in [2.45, 2.75) is 56.9 Å². The summed E-state index contributed by atoms with van der Waals surface area (Å²) in [5.74, 6) is 0.343. The molecule has 0 amide bonds. The van der Waals surface area contributed by atoms with E-state index in [-0.39, 0.29) is 0 Å². The predicted molar refractivity (Wildman–Crippen MR) is 84.9 cm³/mol. The molecule has 1 aromatic heterocycles. The number of fused-ring (bicyclic) bond motifs is 2. The molecule has 1 aromatic rings. The van der Waals surface area contributed by atoms with Gasteiger partial charge in [-0.3, -0.25) is 0 Å². The summed E-state index contributed by atoms with van der Waals surface area (Å²) < 4.78 is 37.4. The van der Waals surface area contributed by atoms with Crippen LogP contribution in [-0.4, -0.2) is 42.9 Å². The van der Waals surface area contributed by atoms with E-state index >= 15 is 0 Å². The Morgan fingerprint density at radius 3 is 2.48 bits per heavy atom. The van der Waals surface area contributed by atoms with E-state index in [4.69, 9.17) is 0 Å². The lowest BCUT2D eigenvalue weighted by molar-refractivity contribution is -0.119. The Bertz CT molecular complexity index is 549. The van der Waals surface area contributed by atoms with Crippen LogP contribution < -0.4 is 15.5 Å². The van der Waals surface area contributed by atoms with E-state index in [2.05, 4.69) is 15.6 Å². The van der Waals surface area contributed by atoms with Gasteiger partial charge in [-0.15, -0.1) is 0 Å². The lowest BCUT2D eigenvalue weighted by atomic mass is 9.99. The molecular formula is C16H23F3N4. The third kappa shape index (κ3) is 4.07. The number of nitrogens with one attached hydrogen (secondary N) is 2. The largest absolute Gasteiger partial charge is 0.405 e. The predicted octanol–water partition coefficient (Wildman–Crippen LogP) is 3.08. The second kappa shape index (κ2) is 6.19. The van der Waals surface area contributed by atoms with Crippen LogP contribution in [0.15, 0.2) is 12.1 Å². The van der Waals surface area contributed by atoms with Crippen molar-refractivity contribution in [3.05, 3.63) is 17.8 Å². The standard InChI is InChI=1S/C16H23F3N4/c1-10-14(22-13-7-11-3-4-12(8-13)21-11)5-6-15(20-10)23(2)9-16(17,18)19/h5-6,11-13,21-22H,3-4,7-9H2,1-2H3. The number of pyridine rings is 1. The van der Waals surface area contributed by atoms with Crippen molar-refractivity contribution in [1.29, 1.82) is 0 Å². The van der Waals surface area contributed by atoms with Gasteiger partial charge in [0.25, 0.3) is 0 Å². The van der Waals surface area contributed by atoms with E-state index in [1.54, 1.807) is 6.07 Å². The van der Waals surface area contributed by atoms with Gasteiger partial charge in [-0.2, -0.15) is 13.2 Å². The van der Waals surface area contributed by atoms with Gasteiger partial charge in [0, 0.05) is 25.2 Å². The van der Waals surface area contributed by atoms with Crippen molar-refractivity contribution in [2.75, 3.05) is 23.8 Å². The Morgan fingerprint density at radius 1 is 1.26 bits per heavy atom. The summed E-state index contributed by atoms with van der Waals surface area (Å²) in [4.78, 5) is 5.45. The third-order valence-electron chi connectivity index (χ3n) is 4.71. The van der Waals surface area contributed by atoms with Crippen LogP contribution in [0.25, 0.3) is 0 Å². The van der Waals surface area contributed by atoms with Gasteiger partial charge in [0.2, 0.25) is 0 Å². The summed E-state index contributed by atoms with van der Waals surface area (Å²) in [6.45, 7) is 0.840. The number of nitrogens with zero attached hydrogens (tertiary/aromatic N) is 2. The maximum absolute atomic E-state index is 12.5. The van der Waals surface area contributed by atoms with Crippen LogP contribution >= 0.6 is 0 Å². The van der Waals surface area contributed by atoms with Gasteiger partial charge in [-0.05, 0) is 44.7 Å². The highest BCUT2D eigenvalue weighted by Gasteiger charge is 2.33. The highest BCUT2D eigenvalue weighted by Crippen LogP contribution is 2.30. The van der Waals surface area contributed by atoms with Gasteiger partial charge in [0.15, 0.2) is 0 Å². The molecule has 0 radical (unpaired) electrons. The molecule has 2 atom stereocenters. The molecule has 0 aromatic carbocycles. The first-order valence-corrected chi connectivity index (χ1v) is 8.08. The molecule has 0 aliphatic carbocycles. The van der Waals surface area contributed by atoms with Crippen molar-refractivity contribution >= 4 is 11.5 Å². The molecule has 2 aliphatic heterocycles. The van der Waals surface area contributed by atoms with Crippen LogP contribution in [-0.2, 0) is 0 Å². The average molecular weight is 328 g/mol. The Kier molecular flexibility index (Phi) is 4.40. The van der Waals surface area contributed by atoms with Crippen LogP contribution in [0.2, 0.25) is 0 Å². The summed E-state index contributed by atoms with van der Waals surface area (Å²) in [5, 5.41) is 7.12. The van der Waals surface area contributed by atoms with Gasteiger partial charge < -0.3 is 15.5 Å². The Morgan fingerprint density at radius 2 is 1.91 bits per heavy atom. The molecule has 23 heavy (non-hydrogen) atoms. The normalized spacial score (nSPS) is 27.1. The Labute approximate surface area is 134 Å². The van der Waals surface area contributed by atoms with E-state index < -0.39 is 12.7 Å². The topological polar surface area (TPSA) is 40.2 Å². The molecule has 2 saturated heterocycles. The number of anilines is 2. The van der Waals surface area contributed by atoms with Crippen molar-refractivity contribution in [2.24, 2.45) is 0 Å². The van der Waals surface area contributed by atoms with Gasteiger partial charge in [-0.25, -0.2) is 4.98 Å². The second-order valence-electron chi connectivity index (χ2n) is 6.72. The minimum atomic E-state index is -4.23. The van der Waals surface area contributed by atoms with Crippen LogP contribution in [0.3, 0.4) is 0 Å². The molecule has 4 nitrogen and oxygen atoms in total. The third-order valence-corrected chi connectivity index (χ3v) is 4.71. The number of hydrogen-bond donors (Lipinski definition) is 2. The van der Waals surface area contributed by atoms with Gasteiger partial charge >= 0.3 is 6.18 Å². The maximum atomic E-state index is 12.5. The lowest BCUT2D eigenvalue weighted by Crippen LogP contribution is -2.43. The van der Waals surface area contributed by atoms with Crippen LogP contribution in [0, 0.1) is 6.92 Å². The number of halogens is 3. The molecule has 128 valence electrons. The lowest BCUT2D eigenvalue weighted by Gasteiger charge is -2.31. The maximum Gasteiger partial charge on any atom is 0.405 e. The fourth-order valence-electron chi connectivity index (χ4n) is 3.66. The highest BCUT2D eigenvalue weighted by molar-refractivity contribution is 5.54. The molecule has 3 heterocycles. The van der Waals surface area contributed by atoms with Crippen molar-refractivity contribution in [3.63, 3.8) is 0 Å². The average Bonchev–Trinajstić information content (AvgIpc) is 2.78. The van der Waals surface area contributed by atoms with Crippen molar-refractivity contribution in [3.8, 4) is 0 Å². The number of rotatable bonds is 4. The highest BCUT2D eigenvalue weighted by atomic mass is 19.4. The monoisotopic (exact) mass is 328 g/mol. The molecule has 0 saturated carbocycles. The zero-order valence-corrected chi connectivity index (χ0v) is 13.5. The van der Waals surface area contributed by atoms with Gasteiger partial charge in [0.1, 0.15) is 12.4 Å². The van der Waals surface area contributed by atoms with Gasteiger partial charge in [0.05, 0.1) is 11.4 Å². The van der Waals surface area contributed by atoms with E-state index in [9.17, 15) is 13.2 Å². The van der Waals surface area contributed by atoms with E-state index in [0.717, 1.165) is 29.1 Å². The number of alkyl halides is 3. The first-order chi connectivity index (χ1) is 10.8. The second-order valence-corrected chi connectivity index (χ2v) is 6.72. The number of hydrogen-bond acceptors (Lipinski definition) is 4. The van der Waals surface area contributed by atoms with Crippen LogP contribution in [0.1, 0.15) is 31.4 Å². The quantitative estimate of drug-likeness (QED) is 0.891. The summed E-state index contributed by atoms with van der Waals surface area (Å²) in [6.07, 6.45) is 0.426. The molecule has 2 bridgehead atoms.